The predicted molar refractivity (Wildman–Crippen MR) is 75.5 cm³/mol. The number of hydrogen-bond acceptors (Lipinski definition) is 3. The first-order valence-corrected chi connectivity index (χ1v) is 6.57. The second-order valence-electron chi connectivity index (χ2n) is 5.11. The van der Waals surface area contributed by atoms with Crippen LogP contribution in [0.3, 0.4) is 0 Å². The number of nitrogens with one attached hydrogen (secondary N) is 1. The van der Waals surface area contributed by atoms with E-state index in [2.05, 4.69) is 19.2 Å². The van der Waals surface area contributed by atoms with E-state index < -0.39 is 0 Å². The fourth-order valence-electron chi connectivity index (χ4n) is 1.90. The molecule has 0 heterocycles. The van der Waals surface area contributed by atoms with E-state index in [4.69, 9.17) is 9.84 Å². The SMILES string of the molecule is Cc1cc(OCC(=O)NC(C)CO)ccc1C(C)C. The van der Waals surface area contributed by atoms with Gasteiger partial charge in [-0.25, -0.2) is 0 Å². The highest BCUT2D eigenvalue weighted by Gasteiger charge is 2.08. The second kappa shape index (κ2) is 7.14. The van der Waals surface area contributed by atoms with E-state index in [0.717, 1.165) is 5.56 Å². The summed E-state index contributed by atoms with van der Waals surface area (Å²) < 4.78 is 5.44. The zero-order valence-corrected chi connectivity index (χ0v) is 12.1. The van der Waals surface area contributed by atoms with Gasteiger partial charge in [0.1, 0.15) is 5.75 Å². The summed E-state index contributed by atoms with van der Waals surface area (Å²) in [6.45, 7) is 7.95. The van der Waals surface area contributed by atoms with Gasteiger partial charge in [0, 0.05) is 6.04 Å². The fourth-order valence-corrected chi connectivity index (χ4v) is 1.90. The van der Waals surface area contributed by atoms with Gasteiger partial charge in [-0.05, 0) is 43.0 Å². The van der Waals surface area contributed by atoms with E-state index >= 15 is 0 Å². The van der Waals surface area contributed by atoms with Gasteiger partial charge in [0.15, 0.2) is 6.61 Å². The number of hydrogen-bond donors (Lipinski definition) is 2. The van der Waals surface area contributed by atoms with Crippen molar-refractivity contribution in [3.63, 3.8) is 0 Å². The topological polar surface area (TPSA) is 58.6 Å². The largest absolute Gasteiger partial charge is 0.484 e. The van der Waals surface area contributed by atoms with E-state index in [0.29, 0.717) is 11.7 Å². The van der Waals surface area contributed by atoms with E-state index in [-0.39, 0.29) is 25.2 Å². The monoisotopic (exact) mass is 265 g/mol. The van der Waals surface area contributed by atoms with Crippen molar-refractivity contribution >= 4 is 5.91 Å². The molecule has 4 heteroatoms. The lowest BCUT2D eigenvalue weighted by atomic mass is 9.98. The van der Waals surface area contributed by atoms with Crippen molar-refractivity contribution in [2.75, 3.05) is 13.2 Å². The van der Waals surface area contributed by atoms with Gasteiger partial charge in [-0.1, -0.05) is 19.9 Å². The summed E-state index contributed by atoms with van der Waals surface area (Å²) in [5, 5.41) is 11.5. The summed E-state index contributed by atoms with van der Waals surface area (Å²) in [4.78, 5) is 11.5. The number of aliphatic hydroxyl groups is 1. The maximum absolute atomic E-state index is 11.5. The summed E-state index contributed by atoms with van der Waals surface area (Å²) in [6, 6.07) is 5.60. The third-order valence-corrected chi connectivity index (χ3v) is 2.91. The van der Waals surface area contributed by atoms with Crippen LogP contribution in [-0.4, -0.2) is 30.3 Å². The molecule has 19 heavy (non-hydrogen) atoms. The lowest BCUT2D eigenvalue weighted by Gasteiger charge is -2.14. The predicted octanol–water partition coefficient (Wildman–Crippen LogP) is 1.99. The minimum absolute atomic E-state index is 0.0369. The van der Waals surface area contributed by atoms with Crippen molar-refractivity contribution in [2.45, 2.75) is 39.7 Å². The molecule has 0 radical (unpaired) electrons. The molecule has 0 aliphatic rings. The molecule has 0 aliphatic carbocycles. The summed E-state index contributed by atoms with van der Waals surface area (Å²) in [5.74, 6) is 0.934. The molecule has 0 fully saturated rings. The maximum atomic E-state index is 11.5. The molecule has 1 unspecified atom stereocenters. The molecule has 1 amide bonds. The zero-order valence-electron chi connectivity index (χ0n) is 12.1. The van der Waals surface area contributed by atoms with Crippen molar-refractivity contribution < 1.29 is 14.6 Å². The lowest BCUT2D eigenvalue weighted by Crippen LogP contribution is -2.38. The number of carbonyl (C=O) groups excluding carboxylic acids is 1. The molecule has 1 aromatic carbocycles. The number of aryl methyl sites for hydroxylation is 1. The minimum atomic E-state index is -0.249. The third-order valence-electron chi connectivity index (χ3n) is 2.91. The molecule has 0 aromatic heterocycles. The van der Waals surface area contributed by atoms with E-state index in [9.17, 15) is 4.79 Å². The lowest BCUT2D eigenvalue weighted by molar-refractivity contribution is -0.124. The number of aliphatic hydroxyl groups excluding tert-OH is 1. The van der Waals surface area contributed by atoms with Crippen LogP contribution in [0.25, 0.3) is 0 Å². The molecular weight excluding hydrogens is 242 g/mol. The Morgan fingerprint density at radius 2 is 2.05 bits per heavy atom. The molecule has 0 aliphatic heterocycles. The van der Waals surface area contributed by atoms with Gasteiger partial charge in [0.05, 0.1) is 6.61 Å². The Morgan fingerprint density at radius 3 is 2.58 bits per heavy atom. The van der Waals surface area contributed by atoms with E-state index in [1.54, 1.807) is 6.92 Å². The molecule has 0 saturated heterocycles. The molecule has 0 spiro atoms. The molecule has 1 rings (SSSR count). The Kier molecular flexibility index (Phi) is 5.83. The average Bonchev–Trinajstić information content (AvgIpc) is 2.35. The molecular formula is C15H23NO3. The van der Waals surface area contributed by atoms with Gasteiger partial charge in [0.25, 0.3) is 5.91 Å². The van der Waals surface area contributed by atoms with Crippen LogP contribution in [0.15, 0.2) is 18.2 Å². The number of rotatable bonds is 6. The Morgan fingerprint density at radius 1 is 1.37 bits per heavy atom. The van der Waals surface area contributed by atoms with Crippen LogP contribution in [-0.2, 0) is 4.79 Å². The summed E-state index contributed by atoms with van der Waals surface area (Å²) in [6.07, 6.45) is 0. The summed E-state index contributed by atoms with van der Waals surface area (Å²) in [5.41, 5.74) is 2.45. The van der Waals surface area contributed by atoms with Crippen molar-refractivity contribution in [3.05, 3.63) is 29.3 Å². The highest BCUT2D eigenvalue weighted by atomic mass is 16.5. The Hall–Kier alpha value is -1.55. The molecule has 0 saturated carbocycles. The highest BCUT2D eigenvalue weighted by molar-refractivity contribution is 5.77. The van der Waals surface area contributed by atoms with Crippen LogP contribution in [0.4, 0.5) is 0 Å². The molecule has 2 N–H and O–H groups in total. The number of carbonyl (C=O) groups is 1. The van der Waals surface area contributed by atoms with Crippen LogP contribution in [0.1, 0.15) is 37.8 Å². The van der Waals surface area contributed by atoms with Gasteiger partial charge in [-0.2, -0.15) is 0 Å². The zero-order chi connectivity index (χ0) is 14.4. The van der Waals surface area contributed by atoms with Gasteiger partial charge < -0.3 is 15.2 Å². The van der Waals surface area contributed by atoms with Crippen molar-refractivity contribution in [1.29, 1.82) is 0 Å². The first-order valence-electron chi connectivity index (χ1n) is 6.57. The van der Waals surface area contributed by atoms with Crippen molar-refractivity contribution in [2.24, 2.45) is 0 Å². The Bertz CT molecular complexity index is 429. The first kappa shape index (κ1) is 15.5. The van der Waals surface area contributed by atoms with Crippen LogP contribution >= 0.6 is 0 Å². The van der Waals surface area contributed by atoms with Crippen molar-refractivity contribution in [3.8, 4) is 5.75 Å². The van der Waals surface area contributed by atoms with E-state index in [1.807, 2.05) is 25.1 Å². The summed E-state index contributed by atoms with van der Waals surface area (Å²) in [7, 11) is 0. The van der Waals surface area contributed by atoms with Gasteiger partial charge in [-0.15, -0.1) is 0 Å². The molecule has 1 aromatic rings. The standard InChI is InChI=1S/C15H23NO3/c1-10(2)14-6-5-13(7-11(14)3)19-9-15(18)16-12(4)8-17/h5-7,10,12,17H,8-9H2,1-4H3,(H,16,18). The molecule has 1 atom stereocenters. The molecule has 106 valence electrons. The van der Waals surface area contributed by atoms with E-state index in [1.165, 1.54) is 5.56 Å². The minimum Gasteiger partial charge on any atom is -0.484 e. The van der Waals surface area contributed by atoms with Gasteiger partial charge >= 0.3 is 0 Å². The van der Waals surface area contributed by atoms with Gasteiger partial charge in [0.2, 0.25) is 0 Å². The van der Waals surface area contributed by atoms with Crippen LogP contribution in [0.2, 0.25) is 0 Å². The highest BCUT2D eigenvalue weighted by Crippen LogP contribution is 2.23. The van der Waals surface area contributed by atoms with Crippen LogP contribution in [0.5, 0.6) is 5.75 Å². The van der Waals surface area contributed by atoms with Crippen LogP contribution in [0, 0.1) is 6.92 Å². The van der Waals surface area contributed by atoms with Crippen molar-refractivity contribution in [1.82, 2.24) is 5.32 Å². The van der Waals surface area contributed by atoms with Gasteiger partial charge in [-0.3, -0.25) is 4.79 Å². The Labute approximate surface area is 114 Å². The Balaban J connectivity index is 2.54. The smallest absolute Gasteiger partial charge is 0.258 e. The molecule has 0 bridgehead atoms. The third kappa shape index (κ3) is 4.91. The molecule has 4 nitrogen and oxygen atoms in total. The fraction of sp³-hybridized carbons (Fsp3) is 0.533. The quantitative estimate of drug-likeness (QED) is 0.827. The number of amides is 1. The van der Waals surface area contributed by atoms with Crippen LogP contribution < -0.4 is 10.1 Å². The number of ether oxygens (including phenoxy) is 1. The second-order valence-corrected chi connectivity index (χ2v) is 5.11. The number of benzene rings is 1. The average molecular weight is 265 g/mol. The normalized spacial score (nSPS) is 12.3. The summed E-state index contributed by atoms with van der Waals surface area (Å²) >= 11 is 0. The first-order chi connectivity index (χ1) is 8.93. The maximum Gasteiger partial charge on any atom is 0.258 e.